The zero-order valence-electron chi connectivity index (χ0n) is 25.6. The second-order valence-corrected chi connectivity index (χ2v) is 13.1. The Morgan fingerprint density at radius 1 is 1.00 bits per heavy atom. The fourth-order valence-electron chi connectivity index (χ4n) is 4.23. The van der Waals surface area contributed by atoms with E-state index >= 15 is 0 Å². The highest BCUT2D eigenvalue weighted by molar-refractivity contribution is 7.71. The summed E-state index contributed by atoms with van der Waals surface area (Å²) in [5, 5.41) is 20.3. The summed E-state index contributed by atoms with van der Waals surface area (Å²) in [5.74, 6) is 0. The van der Waals surface area contributed by atoms with Crippen LogP contribution in [-0.2, 0) is 23.1 Å². The van der Waals surface area contributed by atoms with Crippen molar-refractivity contribution in [1.82, 2.24) is 9.55 Å². The van der Waals surface area contributed by atoms with Gasteiger partial charge in [-0.05, 0) is 32.5 Å². The SMILES string of the molecule is CCCCCCCCCCCCCCOC[C@@H](N)COP(=O)(O)OC[C@H](CO)O[C@@H](n1ccc(=O)[nH]c1=S)C(C)(C)O. The number of unbranched alkanes of at least 4 members (excludes halogenated alkanes) is 11. The average Bonchev–Trinajstić information content (AvgIpc) is 2.92. The quantitative estimate of drug-likeness (QED) is 0.0538. The van der Waals surface area contributed by atoms with Gasteiger partial charge in [-0.15, -0.1) is 0 Å². The Bertz CT molecular complexity index is 1000. The molecular formula is C28H54N3O9PS. The number of rotatable bonds is 26. The van der Waals surface area contributed by atoms with Gasteiger partial charge in [0.15, 0.2) is 11.0 Å². The Labute approximate surface area is 255 Å². The van der Waals surface area contributed by atoms with Crippen molar-refractivity contribution >= 4 is 20.0 Å². The van der Waals surface area contributed by atoms with Gasteiger partial charge in [0.1, 0.15) is 11.7 Å². The van der Waals surface area contributed by atoms with Gasteiger partial charge in [-0.25, -0.2) is 4.57 Å². The van der Waals surface area contributed by atoms with Crippen LogP contribution in [0.1, 0.15) is 104 Å². The summed E-state index contributed by atoms with van der Waals surface area (Å²) < 4.78 is 34.9. The topological polar surface area (TPSA) is 178 Å². The molecule has 1 aromatic rings. The molecule has 1 aromatic heterocycles. The van der Waals surface area contributed by atoms with Crippen molar-refractivity contribution in [3.63, 3.8) is 0 Å². The zero-order chi connectivity index (χ0) is 31.4. The van der Waals surface area contributed by atoms with Crippen LogP contribution in [0.25, 0.3) is 0 Å². The Morgan fingerprint density at radius 3 is 2.07 bits per heavy atom. The first-order valence-electron chi connectivity index (χ1n) is 15.1. The lowest BCUT2D eigenvalue weighted by atomic mass is 10.1. The van der Waals surface area contributed by atoms with E-state index in [4.69, 9.17) is 36.5 Å². The van der Waals surface area contributed by atoms with Crippen LogP contribution in [-0.4, -0.2) is 75.4 Å². The molecule has 246 valence electrons. The molecule has 4 atom stereocenters. The number of nitrogens with one attached hydrogen (secondary N) is 1. The van der Waals surface area contributed by atoms with Crippen LogP contribution in [0.2, 0.25) is 0 Å². The van der Waals surface area contributed by atoms with Crippen LogP contribution >= 0.6 is 20.0 Å². The van der Waals surface area contributed by atoms with Crippen molar-refractivity contribution in [3.8, 4) is 0 Å². The lowest BCUT2D eigenvalue weighted by Gasteiger charge is -2.33. The standard InChI is InChI=1S/C28H54N3O9PS/c1-4-5-6-7-8-9-10-11-12-13-14-15-18-37-20-23(29)21-38-41(35,36)39-22-24(19-32)40-26(28(2,3)34)31-17-16-25(33)30-27(31)42/h16-17,23-24,26,32,34H,4-15,18-22,29H2,1-3H3,(H,35,36)(H,30,33,42)/t23-,24+,26-/m1/s1. The van der Waals surface area contributed by atoms with E-state index in [0.717, 1.165) is 12.8 Å². The molecule has 0 spiro atoms. The van der Waals surface area contributed by atoms with Gasteiger partial charge < -0.3 is 30.3 Å². The summed E-state index contributed by atoms with van der Waals surface area (Å²) in [6.07, 6.45) is 14.2. The summed E-state index contributed by atoms with van der Waals surface area (Å²) in [6.45, 7) is 4.47. The van der Waals surface area contributed by atoms with Crippen molar-refractivity contribution in [3.05, 3.63) is 27.4 Å². The monoisotopic (exact) mass is 639 g/mol. The number of aliphatic hydroxyl groups excluding tert-OH is 1. The highest BCUT2D eigenvalue weighted by Gasteiger charge is 2.33. The van der Waals surface area contributed by atoms with Gasteiger partial charge in [0.05, 0.1) is 32.5 Å². The predicted octanol–water partition coefficient (Wildman–Crippen LogP) is 4.73. The molecule has 14 heteroatoms. The van der Waals surface area contributed by atoms with Crippen LogP contribution in [0.15, 0.2) is 17.1 Å². The number of hydrogen-bond acceptors (Lipinski definition) is 10. The molecule has 0 fully saturated rings. The number of nitrogens with zero attached hydrogens (tertiary/aromatic N) is 1. The van der Waals surface area contributed by atoms with Gasteiger partial charge in [0.25, 0.3) is 5.56 Å². The van der Waals surface area contributed by atoms with E-state index in [-0.39, 0.29) is 18.0 Å². The Hall–Kier alpha value is -0.990. The van der Waals surface area contributed by atoms with Crippen molar-refractivity contribution < 1.29 is 38.2 Å². The van der Waals surface area contributed by atoms with Crippen LogP contribution < -0.4 is 11.3 Å². The Morgan fingerprint density at radius 2 is 1.55 bits per heavy atom. The van der Waals surface area contributed by atoms with Crippen molar-refractivity contribution in [2.45, 2.75) is 122 Å². The molecular weight excluding hydrogens is 585 g/mol. The van der Waals surface area contributed by atoms with Gasteiger partial charge in [0, 0.05) is 18.9 Å². The number of aromatic amines is 1. The average molecular weight is 640 g/mol. The third-order valence-corrected chi connectivity index (χ3v) is 7.85. The Balaban J connectivity index is 2.27. The van der Waals surface area contributed by atoms with Crippen molar-refractivity contribution in [2.75, 3.05) is 33.0 Å². The predicted molar refractivity (Wildman–Crippen MR) is 165 cm³/mol. The van der Waals surface area contributed by atoms with E-state index in [9.17, 15) is 24.5 Å². The number of aliphatic hydroxyl groups is 2. The molecule has 0 bridgehead atoms. The van der Waals surface area contributed by atoms with E-state index in [0.29, 0.717) is 6.61 Å². The molecule has 0 aromatic carbocycles. The molecule has 0 saturated carbocycles. The van der Waals surface area contributed by atoms with E-state index in [1.54, 1.807) is 0 Å². The fourth-order valence-corrected chi connectivity index (χ4v) is 5.30. The second-order valence-electron chi connectivity index (χ2n) is 11.2. The number of H-pyrrole nitrogens is 1. The molecule has 0 aliphatic carbocycles. The van der Waals surface area contributed by atoms with Crippen LogP contribution in [0, 0.1) is 4.77 Å². The van der Waals surface area contributed by atoms with Crippen LogP contribution in [0.4, 0.5) is 0 Å². The van der Waals surface area contributed by atoms with Gasteiger partial charge in [-0.2, -0.15) is 0 Å². The maximum atomic E-state index is 12.4. The van der Waals surface area contributed by atoms with Crippen molar-refractivity contribution in [2.24, 2.45) is 5.73 Å². The van der Waals surface area contributed by atoms with Crippen molar-refractivity contribution in [1.29, 1.82) is 0 Å². The normalized spacial score (nSPS) is 15.8. The smallest absolute Gasteiger partial charge is 0.394 e. The number of phosphoric ester groups is 1. The summed E-state index contributed by atoms with van der Waals surface area (Å²) in [6, 6.07) is 0.571. The van der Waals surface area contributed by atoms with E-state index in [1.165, 1.54) is 94.9 Å². The first-order chi connectivity index (χ1) is 19.9. The first kappa shape index (κ1) is 39.0. The minimum Gasteiger partial charge on any atom is -0.394 e. The largest absolute Gasteiger partial charge is 0.472 e. The van der Waals surface area contributed by atoms with Gasteiger partial charge in [-0.3, -0.25) is 23.4 Å². The summed E-state index contributed by atoms with van der Waals surface area (Å²) in [4.78, 5) is 24.0. The van der Waals surface area contributed by atoms with Crippen LogP contribution in [0.5, 0.6) is 0 Å². The zero-order valence-corrected chi connectivity index (χ0v) is 27.3. The van der Waals surface area contributed by atoms with E-state index < -0.39 is 50.6 Å². The summed E-state index contributed by atoms with van der Waals surface area (Å²) in [5.41, 5.74) is 4.00. The van der Waals surface area contributed by atoms with Gasteiger partial charge in [-0.1, -0.05) is 77.6 Å². The molecule has 12 nitrogen and oxygen atoms in total. The van der Waals surface area contributed by atoms with Gasteiger partial charge in [0.2, 0.25) is 0 Å². The third-order valence-electron chi connectivity index (χ3n) is 6.58. The fraction of sp³-hybridized carbons (Fsp3) is 0.857. The van der Waals surface area contributed by atoms with Gasteiger partial charge >= 0.3 is 7.82 Å². The minimum absolute atomic E-state index is 0.0154. The lowest BCUT2D eigenvalue weighted by Crippen LogP contribution is -2.40. The number of ether oxygens (including phenoxy) is 2. The van der Waals surface area contributed by atoms with Crippen LogP contribution in [0.3, 0.4) is 0 Å². The molecule has 0 aliphatic heterocycles. The lowest BCUT2D eigenvalue weighted by molar-refractivity contribution is -0.173. The highest BCUT2D eigenvalue weighted by Crippen LogP contribution is 2.43. The molecule has 6 N–H and O–H groups in total. The second kappa shape index (κ2) is 21.7. The molecule has 0 aliphatic rings. The molecule has 42 heavy (non-hydrogen) atoms. The minimum atomic E-state index is -4.52. The molecule has 0 amide bonds. The molecule has 0 saturated heterocycles. The molecule has 1 unspecified atom stereocenters. The third kappa shape index (κ3) is 18.0. The summed E-state index contributed by atoms with van der Waals surface area (Å²) >= 11 is 5.14. The number of phosphoric acid groups is 1. The molecule has 1 heterocycles. The number of aromatic nitrogens is 2. The number of nitrogens with two attached hydrogens (primary N) is 1. The van der Waals surface area contributed by atoms with E-state index in [1.807, 2.05) is 0 Å². The first-order valence-corrected chi connectivity index (χ1v) is 17.0. The Kier molecular flexibility index (Phi) is 20.1. The molecule has 1 rings (SSSR count). The maximum Gasteiger partial charge on any atom is 0.472 e. The number of hydrogen-bond donors (Lipinski definition) is 5. The van der Waals surface area contributed by atoms with E-state index in [2.05, 4.69) is 11.9 Å². The highest BCUT2D eigenvalue weighted by atomic mass is 32.1. The molecule has 0 radical (unpaired) electrons. The summed E-state index contributed by atoms with van der Waals surface area (Å²) in [7, 11) is -4.52. The maximum absolute atomic E-state index is 12.4.